The van der Waals surface area contributed by atoms with Crippen molar-refractivity contribution >= 4 is 33.2 Å². The van der Waals surface area contributed by atoms with Crippen LogP contribution in [0.3, 0.4) is 0 Å². The molecule has 1 heterocycles. The van der Waals surface area contributed by atoms with Gasteiger partial charge >= 0.3 is 21.6 Å². The second-order valence-electron chi connectivity index (χ2n) is 6.33. The number of hydrogen-bond acceptors (Lipinski definition) is 8. The molecule has 2 rings (SSSR count). The van der Waals surface area contributed by atoms with Gasteiger partial charge in [-0.1, -0.05) is 13.5 Å². The third-order valence-electron chi connectivity index (χ3n) is 3.95. The number of alkyl halides is 3. The summed E-state index contributed by atoms with van der Waals surface area (Å²) in [6, 6.07) is 1.68. The van der Waals surface area contributed by atoms with Crippen molar-refractivity contribution in [2.45, 2.75) is 51.3 Å². The van der Waals surface area contributed by atoms with Crippen LogP contribution in [0.2, 0.25) is 0 Å². The van der Waals surface area contributed by atoms with Crippen LogP contribution in [-0.4, -0.2) is 30.6 Å². The lowest BCUT2D eigenvalue weighted by Gasteiger charge is -2.23. The van der Waals surface area contributed by atoms with Gasteiger partial charge in [0.2, 0.25) is 12.2 Å². The molecule has 0 spiro atoms. The first-order valence-corrected chi connectivity index (χ1v) is 10.8. The molecule has 0 amide bonds. The lowest BCUT2D eigenvalue weighted by Crippen LogP contribution is -2.30. The largest absolute Gasteiger partial charge is 0.534 e. The SMILES string of the molecule is C=C(C)c1cc(OC(CC)OC(=O)C2CC=C(OS(=O)(=O)C(F)(F)F)CC2)ns1. The molecule has 0 bridgehead atoms. The van der Waals surface area contributed by atoms with Crippen molar-refractivity contribution in [2.75, 3.05) is 0 Å². The van der Waals surface area contributed by atoms with E-state index in [4.69, 9.17) is 9.47 Å². The maximum Gasteiger partial charge on any atom is 0.534 e. The zero-order chi connectivity index (χ0) is 21.8. The van der Waals surface area contributed by atoms with E-state index in [1.807, 2.05) is 6.92 Å². The highest BCUT2D eigenvalue weighted by Crippen LogP contribution is 2.32. The molecule has 1 aliphatic rings. The van der Waals surface area contributed by atoms with Crippen molar-refractivity contribution in [3.63, 3.8) is 0 Å². The van der Waals surface area contributed by atoms with Gasteiger partial charge in [-0.25, -0.2) is 0 Å². The van der Waals surface area contributed by atoms with Crippen molar-refractivity contribution in [2.24, 2.45) is 5.92 Å². The Bertz CT molecular complexity index is 891. The third kappa shape index (κ3) is 6.20. The fraction of sp³-hybridized carbons (Fsp3) is 0.529. The molecular formula is C17H20F3NO6S2. The predicted octanol–water partition coefficient (Wildman–Crippen LogP) is 4.38. The number of allylic oxidation sites excluding steroid dienone is 3. The highest BCUT2D eigenvalue weighted by molar-refractivity contribution is 7.87. The Hall–Kier alpha value is -2.08. The fourth-order valence-corrected chi connectivity index (χ4v) is 3.48. The third-order valence-corrected chi connectivity index (χ3v) is 5.88. The van der Waals surface area contributed by atoms with Crippen molar-refractivity contribution in [3.8, 4) is 5.88 Å². The van der Waals surface area contributed by atoms with E-state index in [1.165, 1.54) is 11.5 Å². The number of carbonyl (C=O) groups is 1. The van der Waals surface area contributed by atoms with E-state index >= 15 is 0 Å². The molecule has 2 atom stereocenters. The molecule has 1 aromatic rings. The van der Waals surface area contributed by atoms with Crippen molar-refractivity contribution in [3.05, 3.63) is 29.4 Å². The van der Waals surface area contributed by atoms with Gasteiger partial charge < -0.3 is 13.7 Å². The Balaban J connectivity index is 1.92. The van der Waals surface area contributed by atoms with Gasteiger partial charge in [-0.05, 0) is 42.9 Å². The Labute approximate surface area is 170 Å². The summed E-state index contributed by atoms with van der Waals surface area (Å²) in [6.07, 6.45) is 0.571. The molecule has 29 heavy (non-hydrogen) atoms. The van der Waals surface area contributed by atoms with Crippen LogP contribution in [-0.2, 0) is 23.8 Å². The first-order chi connectivity index (χ1) is 13.4. The van der Waals surface area contributed by atoms with Crippen molar-refractivity contribution < 1.29 is 40.0 Å². The molecule has 1 aliphatic carbocycles. The van der Waals surface area contributed by atoms with E-state index in [9.17, 15) is 26.4 Å². The Kier molecular flexibility index (Phi) is 7.33. The Morgan fingerprint density at radius 1 is 1.45 bits per heavy atom. The van der Waals surface area contributed by atoms with Gasteiger partial charge in [0.15, 0.2) is 0 Å². The smallest absolute Gasteiger partial charge is 0.437 e. The minimum absolute atomic E-state index is 0.00547. The minimum Gasteiger partial charge on any atom is -0.437 e. The number of carbonyl (C=O) groups excluding carboxylic acids is 1. The van der Waals surface area contributed by atoms with Gasteiger partial charge in [0, 0.05) is 18.9 Å². The number of ether oxygens (including phenoxy) is 2. The monoisotopic (exact) mass is 455 g/mol. The average molecular weight is 455 g/mol. The first-order valence-electron chi connectivity index (χ1n) is 8.62. The quantitative estimate of drug-likeness (QED) is 0.249. The molecule has 7 nitrogen and oxygen atoms in total. The highest BCUT2D eigenvalue weighted by atomic mass is 32.2. The summed E-state index contributed by atoms with van der Waals surface area (Å²) >= 11 is 1.20. The second-order valence-corrected chi connectivity index (χ2v) is 8.67. The minimum atomic E-state index is -5.71. The van der Waals surface area contributed by atoms with Crippen LogP contribution in [0.5, 0.6) is 5.88 Å². The summed E-state index contributed by atoms with van der Waals surface area (Å²) in [7, 11) is -5.71. The van der Waals surface area contributed by atoms with Crippen LogP contribution in [0.4, 0.5) is 13.2 Å². The fourth-order valence-electron chi connectivity index (χ4n) is 2.35. The van der Waals surface area contributed by atoms with Gasteiger partial charge in [0.25, 0.3) is 0 Å². The van der Waals surface area contributed by atoms with Crippen LogP contribution < -0.4 is 4.74 Å². The van der Waals surface area contributed by atoms with Crippen LogP contribution in [0, 0.1) is 5.92 Å². The number of esters is 1. The molecule has 0 saturated carbocycles. The van der Waals surface area contributed by atoms with Crippen LogP contribution >= 0.6 is 11.5 Å². The normalized spacial score (nSPS) is 18.5. The molecule has 2 unspecified atom stereocenters. The van der Waals surface area contributed by atoms with Gasteiger partial charge in [-0.3, -0.25) is 4.79 Å². The Morgan fingerprint density at radius 3 is 2.62 bits per heavy atom. The van der Waals surface area contributed by atoms with E-state index in [1.54, 1.807) is 13.0 Å². The summed E-state index contributed by atoms with van der Waals surface area (Å²) in [5, 5.41) is 0. The van der Waals surface area contributed by atoms with E-state index in [2.05, 4.69) is 15.1 Å². The van der Waals surface area contributed by atoms with E-state index < -0.39 is 33.8 Å². The van der Waals surface area contributed by atoms with E-state index in [0.717, 1.165) is 16.5 Å². The van der Waals surface area contributed by atoms with Crippen LogP contribution in [0.15, 0.2) is 24.5 Å². The molecule has 0 fully saturated rings. The number of nitrogens with zero attached hydrogens (tertiary/aromatic N) is 1. The molecule has 162 valence electrons. The lowest BCUT2D eigenvalue weighted by atomic mass is 9.93. The summed E-state index contributed by atoms with van der Waals surface area (Å²) in [5.74, 6) is -1.29. The molecule has 0 aliphatic heterocycles. The summed E-state index contributed by atoms with van der Waals surface area (Å²) in [5.41, 5.74) is -4.68. The average Bonchev–Trinajstić information content (AvgIpc) is 3.09. The van der Waals surface area contributed by atoms with Gasteiger partial charge in [-0.2, -0.15) is 26.0 Å². The zero-order valence-corrected chi connectivity index (χ0v) is 17.3. The molecular weight excluding hydrogens is 435 g/mol. The number of halogens is 3. The molecule has 0 N–H and O–H groups in total. The zero-order valence-electron chi connectivity index (χ0n) is 15.7. The molecule has 1 aromatic heterocycles. The summed E-state index contributed by atoms with van der Waals surface area (Å²) < 4.78 is 78.2. The predicted molar refractivity (Wildman–Crippen MR) is 99.1 cm³/mol. The standard InChI is InChI=1S/C17H20F3NO6S2/c1-4-15(25-14-9-13(10(2)3)28-21-14)26-16(22)11-5-7-12(8-6-11)27-29(23,24)17(18,19)20/h7,9,11,15H,2,4-6,8H2,1,3H3. The maximum absolute atomic E-state index is 12.4. The summed E-state index contributed by atoms with van der Waals surface area (Å²) in [6.45, 7) is 7.37. The van der Waals surface area contributed by atoms with E-state index in [-0.39, 0.29) is 25.0 Å². The molecule has 12 heteroatoms. The molecule has 0 saturated heterocycles. The van der Waals surface area contributed by atoms with Gasteiger partial charge in [0.05, 0.1) is 10.8 Å². The van der Waals surface area contributed by atoms with Crippen molar-refractivity contribution in [1.82, 2.24) is 4.37 Å². The van der Waals surface area contributed by atoms with Crippen molar-refractivity contribution in [1.29, 1.82) is 0 Å². The van der Waals surface area contributed by atoms with Gasteiger partial charge in [-0.15, -0.1) is 0 Å². The highest BCUT2D eigenvalue weighted by Gasteiger charge is 2.49. The number of rotatable bonds is 8. The topological polar surface area (TPSA) is 91.8 Å². The van der Waals surface area contributed by atoms with Crippen LogP contribution in [0.25, 0.3) is 5.57 Å². The molecule has 0 aromatic carbocycles. The van der Waals surface area contributed by atoms with E-state index in [0.29, 0.717) is 12.3 Å². The Morgan fingerprint density at radius 2 is 2.14 bits per heavy atom. The van der Waals surface area contributed by atoms with Crippen LogP contribution in [0.1, 0.15) is 44.4 Å². The lowest BCUT2D eigenvalue weighted by molar-refractivity contribution is -0.169. The second kappa shape index (κ2) is 9.16. The van der Waals surface area contributed by atoms with Gasteiger partial charge in [0.1, 0.15) is 5.76 Å². The number of hydrogen-bond donors (Lipinski definition) is 0. The summed E-state index contributed by atoms with van der Waals surface area (Å²) in [4.78, 5) is 13.2. The molecule has 0 radical (unpaired) electrons. The maximum atomic E-state index is 12.4. The first kappa shape index (κ1) is 23.2. The number of aromatic nitrogens is 1.